The van der Waals surface area contributed by atoms with Gasteiger partial charge < -0.3 is 16.2 Å². The van der Waals surface area contributed by atoms with Gasteiger partial charge in [-0.05, 0) is 71.7 Å². The van der Waals surface area contributed by atoms with E-state index in [2.05, 4.69) is 61.4 Å². The molecule has 0 aliphatic heterocycles. The van der Waals surface area contributed by atoms with Gasteiger partial charge >= 0.3 is 0 Å². The molecular formula is C33H39N5O3. The lowest BCUT2D eigenvalue weighted by atomic mass is 9.87. The number of pyridine rings is 1. The molecular weight excluding hydrogens is 514 g/mol. The van der Waals surface area contributed by atoms with E-state index in [-0.39, 0.29) is 23.5 Å². The fraction of sp³-hybridized carbons (Fsp3) is 0.333. The van der Waals surface area contributed by atoms with Crippen molar-refractivity contribution in [2.45, 2.75) is 70.9 Å². The van der Waals surface area contributed by atoms with E-state index < -0.39 is 11.9 Å². The molecule has 0 spiro atoms. The van der Waals surface area contributed by atoms with E-state index in [4.69, 9.17) is 10.8 Å². The Morgan fingerprint density at radius 1 is 0.951 bits per heavy atom. The Morgan fingerprint density at radius 2 is 1.61 bits per heavy atom. The zero-order chi connectivity index (χ0) is 29.4. The Morgan fingerprint density at radius 3 is 2.24 bits per heavy atom. The number of unbranched alkanes of at least 4 members (excludes halogenated alkanes) is 1. The maximum absolute atomic E-state index is 12.6. The number of nitrogens with one attached hydrogen (secondary N) is 1. The van der Waals surface area contributed by atoms with Crippen LogP contribution in [0.5, 0.6) is 5.75 Å². The molecule has 0 saturated heterocycles. The first-order valence-electron chi connectivity index (χ1n) is 14.0. The first-order chi connectivity index (χ1) is 19.6. The topological polar surface area (TPSA) is 123 Å². The number of nitrogens with two attached hydrogens (primary N) is 1. The smallest absolute Gasteiger partial charge is 0.240 e. The lowest BCUT2D eigenvalue weighted by molar-refractivity contribution is -0.127. The predicted octanol–water partition coefficient (Wildman–Crippen LogP) is 4.92. The normalized spacial score (nSPS) is 12.2. The van der Waals surface area contributed by atoms with Gasteiger partial charge in [-0.3, -0.25) is 19.3 Å². The molecule has 0 saturated carbocycles. The van der Waals surface area contributed by atoms with Crippen LogP contribution in [-0.4, -0.2) is 37.7 Å². The van der Waals surface area contributed by atoms with Gasteiger partial charge in [0.1, 0.15) is 11.8 Å². The minimum absolute atomic E-state index is 0.0964. The number of hydrogen-bond acceptors (Lipinski definition) is 5. The number of aryl methyl sites for hydroxylation is 1. The Kier molecular flexibility index (Phi) is 9.55. The molecule has 2 heterocycles. The average molecular weight is 554 g/mol. The number of rotatable bonds is 12. The van der Waals surface area contributed by atoms with E-state index in [1.807, 2.05) is 16.8 Å². The van der Waals surface area contributed by atoms with Crippen molar-refractivity contribution in [3.63, 3.8) is 0 Å². The third-order valence-corrected chi connectivity index (χ3v) is 7.13. The molecule has 4 rings (SSSR count). The molecule has 0 aliphatic carbocycles. The van der Waals surface area contributed by atoms with Gasteiger partial charge in [0.25, 0.3) is 0 Å². The number of benzene rings is 2. The molecule has 0 aliphatic rings. The monoisotopic (exact) mass is 553 g/mol. The molecule has 8 nitrogen and oxygen atoms in total. The largest absolute Gasteiger partial charge is 0.508 e. The van der Waals surface area contributed by atoms with Gasteiger partial charge in [0.15, 0.2) is 0 Å². The van der Waals surface area contributed by atoms with Gasteiger partial charge in [-0.2, -0.15) is 5.10 Å². The summed E-state index contributed by atoms with van der Waals surface area (Å²) in [5.41, 5.74) is 11.9. The Bertz CT molecular complexity index is 1440. The number of phenolic OH excluding ortho intramolecular Hbond substituents is 1. The van der Waals surface area contributed by atoms with Crippen LogP contribution in [0.3, 0.4) is 0 Å². The number of aromatic nitrogens is 3. The number of hydrogen-bond donors (Lipinski definition) is 3. The molecule has 2 aromatic carbocycles. The minimum atomic E-state index is -0.805. The van der Waals surface area contributed by atoms with Crippen LogP contribution in [0.4, 0.5) is 0 Å². The van der Waals surface area contributed by atoms with E-state index in [0.29, 0.717) is 19.4 Å². The van der Waals surface area contributed by atoms with E-state index in [1.165, 1.54) is 11.1 Å². The summed E-state index contributed by atoms with van der Waals surface area (Å²) < 4.78 is 2.04. The number of carbonyl (C=O) groups is 2. The van der Waals surface area contributed by atoms with E-state index in [1.54, 1.807) is 36.7 Å². The molecule has 41 heavy (non-hydrogen) atoms. The summed E-state index contributed by atoms with van der Waals surface area (Å²) in [6, 6.07) is 20.4. The summed E-state index contributed by atoms with van der Waals surface area (Å²) in [5.74, 6) is -0.659. The molecule has 1 atom stereocenters. The van der Waals surface area contributed by atoms with Crippen molar-refractivity contribution in [1.82, 2.24) is 20.1 Å². The summed E-state index contributed by atoms with van der Waals surface area (Å²) >= 11 is 0. The molecule has 4 aromatic rings. The highest BCUT2D eigenvalue weighted by Gasteiger charge is 2.19. The van der Waals surface area contributed by atoms with E-state index >= 15 is 0 Å². The van der Waals surface area contributed by atoms with Crippen molar-refractivity contribution in [2.24, 2.45) is 5.73 Å². The zero-order valence-electron chi connectivity index (χ0n) is 24.0. The summed E-state index contributed by atoms with van der Waals surface area (Å²) in [7, 11) is 0. The van der Waals surface area contributed by atoms with Crippen LogP contribution < -0.4 is 11.1 Å². The second kappa shape index (κ2) is 13.3. The number of primary amides is 1. The molecule has 0 radical (unpaired) electrons. The lowest BCUT2D eigenvalue weighted by Gasteiger charge is -2.19. The maximum atomic E-state index is 12.6. The van der Waals surface area contributed by atoms with Gasteiger partial charge in [0.2, 0.25) is 11.8 Å². The number of carbonyl (C=O) groups excluding carboxylic acids is 2. The maximum Gasteiger partial charge on any atom is 0.240 e. The quantitative estimate of drug-likeness (QED) is 0.215. The number of nitrogens with zero attached hydrogens (tertiary/aromatic N) is 3. The van der Waals surface area contributed by atoms with Crippen LogP contribution in [0.1, 0.15) is 62.4 Å². The SMILES string of the molecule is CC(C)(C)c1ccc(Cn2nc(-c3ccncc3)cc2CCCCC(=O)N[C@@H](Cc2ccc(O)cc2)C(N)=O)cc1. The molecule has 214 valence electrons. The first-order valence-corrected chi connectivity index (χ1v) is 14.0. The third kappa shape index (κ3) is 8.51. The van der Waals surface area contributed by atoms with Gasteiger partial charge in [-0.15, -0.1) is 0 Å². The molecule has 2 amide bonds. The van der Waals surface area contributed by atoms with Crippen LogP contribution in [-0.2, 0) is 34.4 Å². The van der Waals surface area contributed by atoms with Crippen molar-refractivity contribution in [3.05, 3.63) is 102 Å². The highest BCUT2D eigenvalue weighted by molar-refractivity contribution is 5.86. The van der Waals surface area contributed by atoms with Gasteiger partial charge in [0.05, 0.1) is 12.2 Å². The zero-order valence-corrected chi connectivity index (χ0v) is 24.0. The minimum Gasteiger partial charge on any atom is -0.508 e. The summed E-state index contributed by atoms with van der Waals surface area (Å²) in [6.45, 7) is 7.28. The molecule has 2 aromatic heterocycles. The number of phenols is 1. The van der Waals surface area contributed by atoms with Crippen molar-refractivity contribution in [2.75, 3.05) is 0 Å². The fourth-order valence-electron chi connectivity index (χ4n) is 4.69. The van der Waals surface area contributed by atoms with Crippen LogP contribution in [0, 0.1) is 0 Å². The molecule has 8 heteroatoms. The molecule has 0 bridgehead atoms. The Labute approximate surface area is 241 Å². The number of amides is 2. The highest BCUT2D eigenvalue weighted by Crippen LogP contribution is 2.24. The van der Waals surface area contributed by atoms with Crippen LogP contribution in [0.25, 0.3) is 11.3 Å². The molecule has 0 unspecified atom stereocenters. The lowest BCUT2D eigenvalue weighted by Crippen LogP contribution is -2.45. The third-order valence-electron chi connectivity index (χ3n) is 7.13. The van der Waals surface area contributed by atoms with Gasteiger partial charge in [-0.1, -0.05) is 57.2 Å². The van der Waals surface area contributed by atoms with Crippen LogP contribution >= 0.6 is 0 Å². The van der Waals surface area contributed by atoms with Crippen LogP contribution in [0.15, 0.2) is 79.1 Å². The summed E-state index contributed by atoms with van der Waals surface area (Å²) in [5, 5.41) is 17.1. The second-order valence-electron chi connectivity index (χ2n) is 11.5. The predicted molar refractivity (Wildman–Crippen MR) is 160 cm³/mol. The molecule has 4 N–H and O–H groups in total. The second-order valence-corrected chi connectivity index (χ2v) is 11.5. The van der Waals surface area contributed by atoms with Crippen LogP contribution in [0.2, 0.25) is 0 Å². The van der Waals surface area contributed by atoms with Crippen molar-refractivity contribution >= 4 is 11.8 Å². The van der Waals surface area contributed by atoms with E-state index in [0.717, 1.165) is 35.4 Å². The number of aromatic hydroxyl groups is 1. The summed E-state index contributed by atoms with van der Waals surface area (Å²) in [6.07, 6.45) is 6.30. The van der Waals surface area contributed by atoms with Gasteiger partial charge in [-0.25, -0.2) is 0 Å². The van der Waals surface area contributed by atoms with Crippen molar-refractivity contribution in [3.8, 4) is 17.0 Å². The highest BCUT2D eigenvalue weighted by atomic mass is 16.3. The Balaban J connectivity index is 1.37. The van der Waals surface area contributed by atoms with Crippen molar-refractivity contribution < 1.29 is 14.7 Å². The fourth-order valence-corrected chi connectivity index (χ4v) is 4.69. The average Bonchev–Trinajstić information content (AvgIpc) is 3.34. The molecule has 0 fully saturated rings. The summed E-state index contributed by atoms with van der Waals surface area (Å²) in [4.78, 5) is 28.7. The van der Waals surface area contributed by atoms with Crippen molar-refractivity contribution in [1.29, 1.82) is 0 Å². The first kappa shape index (κ1) is 29.5. The standard InChI is InChI=1S/C33H39N5O3/c1-33(2,3)26-12-8-24(9-13-26)22-38-27(21-29(37-38)25-16-18-35-19-17-25)6-4-5-7-31(40)36-30(32(34)41)20-23-10-14-28(39)15-11-23/h8-19,21,30,39H,4-7,20,22H2,1-3H3,(H2,34,41)(H,36,40)/t30-/m0/s1. The van der Waals surface area contributed by atoms with E-state index in [9.17, 15) is 14.7 Å². The van der Waals surface area contributed by atoms with Gasteiger partial charge in [0, 0.05) is 36.5 Å². The Hall–Kier alpha value is -4.46.